The molecule has 15 heavy (non-hydrogen) atoms. The Labute approximate surface area is 94.7 Å². The van der Waals surface area contributed by atoms with E-state index in [9.17, 15) is 4.79 Å². The van der Waals surface area contributed by atoms with Gasteiger partial charge in [0.2, 0.25) is 0 Å². The van der Waals surface area contributed by atoms with E-state index < -0.39 is 18.5 Å². The highest BCUT2D eigenvalue weighted by molar-refractivity contribution is 5.84. The average molecular weight is 210 g/mol. The monoisotopic (exact) mass is 210 g/mol. The summed E-state index contributed by atoms with van der Waals surface area (Å²) in [4.78, 5) is 11.5. The van der Waals surface area contributed by atoms with Gasteiger partial charge in [-0.05, 0) is 39.8 Å². The highest BCUT2D eigenvalue weighted by atomic mass is 16.6. The molecule has 0 radical (unpaired) electrons. The highest BCUT2D eigenvalue weighted by Crippen LogP contribution is 2.12. The summed E-state index contributed by atoms with van der Waals surface area (Å²) in [6.45, 7) is 3.17. The zero-order valence-corrected chi connectivity index (χ0v) is 9.13. The van der Waals surface area contributed by atoms with Crippen LogP contribution >= 0.6 is 0 Å². The molecule has 0 bridgehead atoms. The van der Waals surface area contributed by atoms with E-state index in [0.717, 1.165) is 0 Å². The minimum Gasteiger partial charge on any atom is -0.444 e. The van der Waals surface area contributed by atoms with E-state index in [2.05, 4.69) is 5.32 Å². The number of hydrogen-bond donors (Lipinski definition) is 1. The number of amides is 1. The van der Waals surface area contributed by atoms with E-state index in [0.29, 0.717) is 5.69 Å². The van der Waals surface area contributed by atoms with Gasteiger partial charge in [0, 0.05) is 9.80 Å². The van der Waals surface area contributed by atoms with Crippen LogP contribution in [0.25, 0.3) is 0 Å². The number of aryl methyl sites for hydroxylation is 1. The molecular formula is C12H17NO2. The Morgan fingerprint density at radius 3 is 2.40 bits per heavy atom. The van der Waals surface area contributed by atoms with Crippen molar-refractivity contribution in [3.05, 3.63) is 29.8 Å². The predicted octanol–water partition coefficient (Wildman–Crippen LogP) is 3.34. The number of anilines is 1. The summed E-state index contributed by atoms with van der Waals surface area (Å²) in [7, 11) is 0. The van der Waals surface area contributed by atoms with E-state index in [1.165, 1.54) is 24.3 Å². The van der Waals surface area contributed by atoms with Crippen LogP contribution in [-0.2, 0) is 4.74 Å². The number of nitrogens with one attached hydrogen (secondary N) is 1. The van der Waals surface area contributed by atoms with Crippen molar-refractivity contribution >= 4 is 11.8 Å². The molecule has 0 atom stereocenters. The molecule has 1 amide bonds. The molecule has 0 saturated carbocycles. The van der Waals surface area contributed by atoms with Gasteiger partial charge in [-0.3, -0.25) is 5.32 Å². The van der Waals surface area contributed by atoms with E-state index in [4.69, 9.17) is 8.85 Å². The summed E-state index contributed by atoms with van der Waals surface area (Å²) >= 11 is 0. The molecule has 1 aromatic carbocycles. The van der Waals surface area contributed by atoms with Crippen LogP contribution in [0, 0.1) is 6.85 Å². The molecule has 0 spiro atoms. The molecule has 0 aliphatic carbocycles. The third kappa shape index (κ3) is 4.49. The van der Waals surface area contributed by atoms with Crippen LogP contribution in [0.3, 0.4) is 0 Å². The zero-order chi connectivity index (χ0) is 14.0. The largest absolute Gasteiger partial charge is 0.444 e. The van der Waals surface area contributed by atoms with Crippen molar-refractivity contribution in [3.8, 4) is 0 Å². The summed E-state index contributed by atoms with van der Waals surface area (Å²) in [5.74, 6) is 0. The van der Waals surface area contributed by atoms with Crippen molar-refractivity contribution < 1.29 is 13.6 Å². The first kappa shape index (κ1) is 7.74. The fourth-order valence-corrected chi connectivity index (χ4v) is 0.975. The lowest BCUT2D eigenvalue weighted by atomic mass is 10.2. The Morgan fingerprint density at radius 1 is 1.33 bits per heavy atom. The van der Waals surface area contributed by atoms with Gasteiger partial charge in [0.05, 0.1) is 0 Å². The number of rotatable bonds is 1. The summed E-state index contributed by atoms with van der Waals surface area (Å²) in [6.07, 6.45) is -0.566. The smallest absolute Gasteiger partial charge is 0.412 e. The third-order valence-corrected chi connectivity index (χ3v) is 1.53. The fraction of sp³-hybridized carbons (Fsp3) is 0.417. The molecule has 0 unspecified atom stereocenters. The Bertz CT molecular complexity index is 418. The Kier molecular flexibility index (Phi) is 2.24. The number of hydrogen-bond acceptors (Lipinski definition) is 2. The normalized spacial score (nSPS) is 14.7. The molecular weight excluding hydrogens is 190 g/mol. The lowest BCUT2D eigenvalue weighted by molar-refractivity contribution is 0.0636. The molecule has 82 valence electrons. The van der Waals surface area contributed by atoms with E-state index in [1.54, 1.807) is 20.8 Å². The summed E-state index contributed by atoms with van der Waals surface area (Å²) in [6, 6.07) is 5.98. The van der Waals surface area contributed by atoms with Crippen LogP contribution in [-0.4, -0.2) is 11.7 Å². The van der Waals surface area contributed by atoms with Crippen molar-refractivity contribution in [2.45, 2.75) is 33.2 Å². The summed E-state index contributed by atoms with van der Waals surface area (Å²) < 4.78 is 26.8. The first-order chi connectivity index (χ1) is 8.08. The van der Waals surface area contributed by atoms with Gasteiger partial charge in [-0.1, -0.05) is 17.7 Å². The Morgan fingerprint density at radius 2 is 1.93 bits per heavy atom. The van der Waals surface area contributed by atoms with Crippen LogP contribution in [0.5, 0.6) is 0 Å². The van der Waals surface area contributed by atoms with Gasteiger partial charge in [-0.25, -0.2) is 4.79 Å². The molecule has 0 aliphatic heterocycles. The molecule has 0 aliphatic rings. The van der Waals surface area contributed by atoms with E-state index >= 15 is 0 Å². The Hall–Kier alpha value is -1.51. The number of carbonyl (C=O) groups excluding carboxylic acids is 1. The number of carbonyl (C=O) groups is 1. The first-order valence-electron chi connectivity index (χ1n) is 6.18. The van der Waals surface area contributed by atoms with Crippen LogP contribution in [0.1, 0.15) is 30.4 Å². The lowest BCUT2D eigenvalue weighted by Gasteiger charge is -2.19. The molecule has 1 rings (SSSR count). The van der Waals surface area contributed by atoms with Gasteiger partial charge in [-0.15, -0.1) is 0 Å². The van der Waals surface area contributed by atoms with Crippen molar-refractivity contribution in [1.29, 1.82) is 0 Å². The van der Waals surface area contributed by atoms with Crippen molar-refractivity contribution in [2.75, 3.05) is 5.32 Å². The molecule has 3 nitrogen and oxygen atoms in total. The molecule has 1 N–H and O–H groups in total. The standard InChI is InChI=1S/C12H17NO2/c1-9-5-7-10(8-6-9)13-11(14)15-12(2,3)4/h5-8H,1-4H3,(H,13,14)/i1D3. The first-order valence-corrected chi connectivity index (χ1v) is 4.68. The van der Waals surface area contributed by atoms with Gasteiger partial charge in [-0.2, -0.15) is 0 Å². The second kappa shape index (κ2) is 4.34. The SMILES string of the molecule is [2H]C([2H])([2H])c1ccc(NC(=O)OC(C)(C)C)cc1. The van der Waals surface area contributed by atoms with Gasteiger partial charge in [0.15, 0.2) is 0 Å². The molecule has 0 heterocycles. The van der Waals surface area contributed by atoms with Crippen molar-refractivity contribution in [1.82, 2.24) is 0 Å². The number of benzene rings is 1. The minimum absolute atomic E-state index is 0.234. The van der Waals surface area contributed by atoms with Crippen LogP contribution in [0.2, 0.25) is 0 Å². The third-order valence-electron chi connectivity index (χ3n) is 1.53. The zero-order valence-electron chi connectivity index (χ0n) is 12.1. The maximum absolute atomic E-state index is 11.5. The van der Waals surface area contributed by atoms with E-state index in [1.807, 2.05) is 0 Å². The summed E-state index contributed by atoms with van der Waals surface area (Å²) in [5, 5.41) is 2.53. The van der Waals surface area contributed by atoms with Crippen LogP contribution < -0.4 is 5.32 Å². The van der Waals surface area contributed by atoms with Gasteiger partial charge in [0.1, 0.15) is 5.60 Å². The Balaban J connectivity index is 2.67. The van der Waals surface area contributed by atoms with Gasteiger partial charge < -0.3 is 4.74 Å². The van der Waals surface area contributed by atoms with Crippen LogP contribution in [0.15, 0.2) is 24.3 Å². The van der Waals surface area contributed by atoms with Crippen LogP contribution in [0.4, 0.5) is 10.5 Å². The second-order valence-electron chi connectivity index (χ2n) is 4.20. The van der Waals surface area contributed by atoms with Crippen molar-refractivity contribution in [2.24, 2.45) is 0 Å². The molecule has 0 saturated heterocycles. The van der Waals surface area contributed by atoms with Gasteiger partial charge >= 0.3 is 6.09 Å². The summed E-state index contributed by atoms with van der Waals surface area (Å²) in [5.41, 5.74) is 0.164. The predicted molar refractivity (Wildman–Crippen MR) is 61.0 cm³/mol. The molecule has 3 heteroatoms. The molecule has 0 fully saturated rings. The maximum Gasteiger partial charge on any atom is 0.412 e. The van der Waals surface area contributed by atoms with Gasteiger partial charge in [0.25, 0.3) is 0 Å². The number of ether oxygens (including phenoxy) is 1. The van der Waals surface area contributed by atoms with Crippen molar-refractivity contribution in [3.63, 3.8) is 0 Å². The quantitative estimate of drug-likeness (QED) is 0.772. The highest BCUT2D eigenvalue weighted by Gasteiger charge is 2.15. The average Bonchev–Trinajstić information content (AvgIpc) is 2.13. The topological polar surface area (TPSA) is 38.3 Å². The molecule has 1 aromatic rings. The lowest BCUT2D eigenvalue weighted by Crippen LogP contribution is -2.27. The second-order valence-corrected chi connectivity index (χ2v) is 4.20. The van der Waals surface area contributed by atoms with E-state index in [-0.39, 0.29) is 5.56 Å². The minimum atomic E-state index is -2.13. The fourth-order valence-electron chi connectivity index (χ4n) is 0.975. The molecule has 0 aromatic heterocycles. The maximum atomic E-state index is 11.5.